The van der Waals surface area contributed by atoms with Gasteiger partial charge in [-0.2, -0.15) is 0 Å². The van der Waals surface area contributed by atoms with E-state index in [1.165, 1.54) is 24.6 Å². The van der Waals surface area contributed by atoms with Gasteiger partial charge < -0.3 is 10.2 Å². The van der Waals surface area contributed by atoms with Crippen molar-refractivity contribution in [2.45, 2.75) is 25.2 Å². The standard InChI is InChI=1S/C14H26N4O2S/c1-5-10-18(6-2)11-9-15-14-8-7-13(12-16-14)21(19,20)17(3)4/h7-8,12H,5-6,9-11H2,1-4H3,(H,15,16). The number of sulfonamides is 1. The SMILES string of the molecule is CCCN(CC)CCNc1ccc(S(=O)(=O)N(C)C)cn1. The predicted octanol–water partition coefficient (Wildman–Crippen LogP) is 1.48. The molecule has 0 fully saturated rings. The van der Waals surface area contributed by atoms with E-state index in [-0.39, 0.29) is 4.90 Å². The predicted molar refractivity (Wildman–Crippen MR) is 86.0 cm³/mol. The van der Waals surface area contributed by atoms with Gasteiger partial charge in [-0.25, -0.2) is 17.7 Å². The van der Waals surface area contributed by atoms with E-state index in [9.17, 15) is 8.42 Å². The molecule has 1 aromatic heterocycles. The number of likely N-dealkylation sites (N-methyl/N-ethyl adjacent to an activating group) is 1. The lowest BCUT2D eigenvalue weighted by Crippen LogP contribution is -2.29. The van der Waals surface area contributed by atoms with Crippen molar-refractivity contribution >= 4 is 15.8 Å². The summed E-state index contributed by atoms with van der Waals surface area (Å²) in [7, 11) is -0.387. The molecule has 1 rings (SSSR count). The molecule has 0 aliphatic heterocycles. The summed E-state index contributed by atoms with van der Waals surface area (Å²) >= 11 is 0. The second-order valence-electron chi connectivity index (χ2n) is 5.03. The summed E-state index contributed by atoms with van der Waals surface area (Å²) in [5.41, 5.74) is 0. The van der Waals surface area contributed by atoms with Gasteiger partial charge in [0, 0.05) is 33.4 Å². The third kappa shape index (κ3) is 5.26. The van der Waals surface area contributed by atoms with Crippen LogP contribution in [0, 0.1) is 0 Å². The average molecular weight is 314 g/mol. The quantitative estimate of drug-likeness (QED) is 0.748. The van der Waals surface area contributed by atoms with Crippen LogP contribution in [0.25, 0.3) is 0 Å². The van der Waals surface area contributed by atoms with Crippen LogP contribution in [0.3, 0.4) is 0 Å². The molecule has 120 valence electrons. The van der Waals surface area contributed by atoms with Crippen molar-refractivity contribution in [2.24, 2.45) is 0 Å². The molecule has 7 heteroatoms. The normalized spacial score (nSPS) is 12.1. The largest absolute Gasteiger partial charge is 0.369 e. The molecule has 0 saturated carbocycles. The molecule has 0 unspecified atom stereocenters. The van der Waals surface area contributed by atoms with Gasteiger partial charge in [-0.05, 0) is 31.6 Å². The first-order chi connectivity index (χ1) is 9.91. The van der Waals surface area contributed by atoms with E-state index < -0.39 is 10.0 Å². The second kappa shape index (κ2) is 8.31. The molecule has 1 N–H and O–H groups in total. The second-order valence-corrected chi connectivity index (χ2v) is 7.18. The van der Waals surface area contributed by atoms with Crippen LogP contribution in [0.1, 0.15) is 20.3 Å². The summed E-state index contributed by atoms with van der Waals surface area (Å²) in [5, 5.41) is 3.21. The van der Waals surface area contributed by atoms with Gasteiger partial charge in [-0.1, -0.05) is 13.8 Å². The first-order valence-electron chi connectivity index (χ1n) is 7.26. The Kier molecular flexibility index (Phi) is 7.07. The Morgan fingerprint density at radius 1 is 1.19 bits per heavy atom. The van der Waals surface area contributed by atoms with Gasteiger partial charge in [-0.3, -0.25) is 0 Å². The summed E-state index contributed by atoms with van der Waals surface area (Å²) in [6, 6.07) is 3.28. The fourth-order valence-corrected chi connectivity index (χ4v) is 2.78. The molecule has 0 aliphatic carbocycles. The molecule has 6 nitrogen and oxygen atoms in total. The zero-order valence-electron chi connectivity index (χ0n) is 13.3. The molecule has 1 aromatic rings. The number of nitrogens with one attached hydrogen (secondary N) is 1. The fraction of sp³-hybridized carbons (Fsp3) is 0.643. The molecule has 0 bridgehead atoms. The average Bonchev–Trinajstić information content (AvgIpc) is 2.46. The van der Waals surface area contributed by atoms with Crippen molar-refractivity contribution in [1.82, 2.24) is 14.2 Å². The van der Waals surface area contributed by atoms with Crippen LogP contribution >= 0.6 is 0 Å². The van der Waals surface area contributed by atoms with Gasteiger partial charge in [0.2, 0.25) is 10.0 Å². The Hall–Kier alpha value is -1.18. The molecule has 0 aliphatic rings. The Morgan fingerprint density at radius 3 is 2.38 bits per heavy atom. The smallest absolute Gasteiger partial charge is 0.244 e. The van der Waals surface area contributed by atoms with Gasteiger partial charge >= 0.3 is 0 Å². The maximum atomic E-state index is 11.9. The third-order valence-electron chi connectivity index (χ3n) is 3.24. The monoisotopic (exact) mass is 314 g/mol. The highest BCUT2D eigenvalue weighted by atomic mass is 32.2. The van der Waals surface area contributed by atoms with E-state index in [0.29, 0.717) is 5.82 Å². The van der Waals surface area contributed by atoms with Crippen molar-refractivity contribution in [3.05, 3.63) is 18.3 Å². The Morgan fingerprint density at radius 2 is 1.90 bits per heavy atom. The topological polar surface area (TPSA) is 65.5 Å². The molecule has 0 radical (unpaired) electrons. The highest BCUT2D eigenvalue weighted by Crippen LogP contribution is 2.13. The molecular weight excluding hydrogens is 288 g/mol. The van der Waals surface area contributed by atoms with Crippen LogP contribution in [0.4, 0.5) is 5.82 Å². The molecule has 0 aromatic carbocycles. The van der Waals surface area contributed by atoms with Crippen LogP contribution in [0.15, 0.2) is 23.2 Å². The minimum absolute atomic E-state index is 0.208. The number of rotatable bonds is 9. The van der Waals surface area contributed by atoms with Crippen LogP contribution in [-0.4, -0.2) is 62.9 Å². The molecule has 1 heterocycles. The van der Waals surface area contributed by atoms with Gasteiger partial charge in [0.25, 0.3) is 0 Å². The van der Waals surface area contributed by atoms with Crippen molar-refractivity contribution in [3.8, 4) is 0 Å². The summed E-state index contributed by atoms with van der Waals surface area (Å²) in [6.45, 7) is 8.18. The lowest BCUT2D eigenvalue weighted by atomic mass is 10.4. The van der Waals surface area contributed by atoms with Gasteiger partial charge in [-0.15, -0.1) is 0 Å². The molecule has 0 atom stereocenters. The van der Waals surface area contributed by atoms with Crippen molar-refractivity contribution < 1.29 is 8.42 Å². The highest BCUT2D eigenvalue weighted by Gasteiger charge is 2.17. The minimum atomic E-state index is -3.40. The van der Waals surface area contributed by atoms with Crippen molar-refractivity contribution in [3.63, 3.8) is 0 Å². The first kappa shape index (κ1) is 17.9. The van der Waals surface area contributed by atoms with Crippen LogP contribution < -0.4 is 5.32 Å². The van der Waals surface area contributed by atoms with Gasteiger partial charge in [0.05, 0.1) is 0 Å². The maximum Gasteiger partial charge on any atom is 0.244 e. The van der Waals surface area contributed by atoms with E-state index in [0.717, 1.165) is 32.6 Å². The third-order valence-corrected chi connectivity index (χ3v) is 5.03. The molecule has 0 spiro atoms. The van der Waals surface area contributed by atoms with E-state index in [1.807, 2.05) is 0 Å². The maximum absolute atomic E-state index is 11.9. The molecule has 0 amide bonds. The number of nitrogens with zero attached hydrogens (tertiary/aromatic N) is 3. The summed E-state index contributed by atoms with van der Waals surface area (Å²) < 4.78 is 25.0. The van der Waals surface area contributed by atoms with Gasteiger partial charge in [0.1, 0.15) is 10.7 Å². The lowest BCUT2D eigenvalue weighted by molar-refractivity contribution is 0.300. The zero-order valence-corrected chi connectivity index (χ0v) is 14.2. The molecule has 0 saturated heterocycles. The van der Waals surface area contributed by atoms with E-state index >= 15 is 0 Å². The molecular formula is C14H26N4O2S. The fourth-order valence-electron chi connectivity index (χ4n) is 1.93. The van der Waals surface area contributed by atoms with E-state index in [2.05, 4.69) is 29.0 Å². The van der Waals surface area contributed by atoms with E-state index in [1.54, 1.807) is 12.1 Å². The summed E-state index contributed by atoms with van der Waals surface area (Å²) in [6.07, 6.45) is 2.53. The minimum Gasteiger partial charge on any atom is -0.369 e. The van der Waals surface area contributed by atoms with Crippen LogP contribution in [0.5, 0.6) is 0 Å². The lowest BCUT2D eigenvalue weighted by Gasteiger charge is -2.19. The van der Waals surface area contributed by atoms with E-state index in [4.69, 9.17) is 0 Å². The Balaban J connectivity index is 2.56. The summed E-state index contributed by atoms with van der Waals surface area (Å²) in [5.74, 6) is 0.695. The highest BCUT2D eigenvalue weighted by molar-refractivity contribution is 7.89. The van der Waals surface area contributed by atoms with Crippen molar-refractivity contribution in [2.75, 3.05) is 45.6 Å². The number of hydrogen-bond donors (Lipinski definition) is 1. The first-order valence-corrected chi connectivity index (χ1v) is 8.70. The summed E-state index contributed by atoms with van der Waals surface area (Å²) in [4.78, 5) is 6.73. The number of pyridine rings is 1. The zero-order chi connectivity index (χ0) is 15.9. The number of aromatic nitrogens is 1. The number of hydrogen-bond acceptors (Lipinski definition) is 5. The van der Waals surface area contributed by atoms with Crippen molar-refractivity contribution in [1.29, 1.82) is 0 Å². The Bertz CT molecular complexity index is 514. The number of anilines is 1. The Labute approximate surface area is 128 Å². The van der Waals surface area contributed by atoms with Crippen LogP contribution in [-0.2, 0) is 10.0 Å². The van der Waals surface area contributed by atoms with Crippen LogP contribution in [0.2, 0.25) is 0 Å². The van der Waals surface area contributed by atoms with Gasteiger partial charge in [0.15, 0.2) is 0 Å². The molecule has 21 heavy (non-hydrogen) atoms.